The zero-order chi connectivity index (χ0) is 14.7. The van der Waals surface area contributed by atoms with Crippen LogP contribution in [0, 0.1) is 5.92 Å². The summed E-state index contributed by atoms with van der Waals surface area (Å²) in [7, 11) is 0. The molecular formula is C14H30N3O2+. The van der Waals surface area contributed by atoms with E-state index in [1.54, 1.807) is 5.06 Å². The minimum atomic E-state index is -0.412. The summed E-state index contributed by atoms with van der Waals surface area (Å²) in [6.45, 7) is 12.6. The maximum Gasteiger partial charge on any atom is 0.225 e. The minimum absolute atomic E-state index is 0.0751. The second-order valence-electron chi connectivity index (χ2n) is 6.60. The zero-order valence-electron chi connectivity index (χ0n) is 13.0. The lowest BCUT2D eigenvalue weighted by atomic mass is 9.86. The highest BCUT2D eigenvalue weighted by atomic mass is 16.5. The highest BCUT2D eigenvalue weighted by molar-refractivity contribution is 5.80. The van der Waals surface area contributed by atoms with Crippen LogP contribution in [0.2, 0.25) is 0 Å². The molecule has 0 radical (unpaired) electrons. The van der Waals surface area contributed by atoms with Crippen LogP contribution in [0.1, 0.15) is 47.5 Å². The summed E-state index contributed by atoms with van der Waals surface area (Å²) in [6.07, 6.45) is 1.84. The van der Waals surface area contributed by atoms with Gasteiger partial charge in [-0.3, -0.25) is 4.79 Å². The molecule has 1 fully saturated rings. The molecule has 4 N–H and O–H groups in total. The Kier molecular flexibility index (Phi) is 5.35. The molecule has 0 aromatic carbocycles. The van der Waals surface area contributed by atoms with Crippen LogP contribution in [-0.2, 0) is 4.79 Å². The van der Waals surface area contributed by atoms with E-state index >= 15 is 0 Å². The van der Waals surface area contributed by atoms with E-state index in [4.69, 9.17) is 5.21 Å². The molecule has 1 aliphatic heterocycles. The lowest BCUT2D eigenvalue weighted by Gasteiger charge is -2.30. The Morgan fingerprint density at radius 2 is 1.89 bits per heavy atom. The SMILES string of the molecule is CCCNCCNC(=O)C1CC(C)(C)N([OH2+])C1(C)C. The molecule has 5 heteroatoms. The molecule has 1 aliphatic rings. The van der Waals surface area contributed by atoms with E-state index in [-0.39, 0.29) is 17.4 Å². The van der Waals surface area contributed by atoms with Gasteiger partial charge in [0.2, 0.25) is 5.91 Å². The van der Waals surface area contributed by atoms with Gasteiger partial charge in [-0.15, -0.1) is 0 Å². The molecule has 1 heterocycles. The Hall–Kier alpha value is -0.650. The number of amides is 1. The van der Waals surface area contributed by atoms with Gasteiger partial charge in [0.1, 0.15) is 0 Å². The molecule has 1 atom stereocenters. The molecule has 0 saturated carbocycles. The molecule has 112 valence electrons. The van der Waals surface area contributed by atoms with Crippen LogP contribution in [0.15, 0.2) is 0 Å². The first kappa shape index (κ1) is 16.4. The Balaban J connectivity index is 2.49. The van der Waals surface area contributed by atoms with E-state index in [1.165, 1.54) is 0 Å². The van der Waals surface area contributed by atoms with Crippen molar-refractivity contribution in [1.29, 1.82) is 0 Å². The first-order valence-corrected chi connectivity index (χ1v) is 7.23. The van der Waals surface area contributed by atoms with E-state index < -0.39 is 5.54 Å². The molecule has 1 rings (SSSR count). The molecule has 1 unspecified atom stereocenters. The summed E-state index contributed by atoms with van der Waals surface area (Å²) >= 11 is 0. The first-order valence-electron chi connectivity index (χ1n) is 7.23. The predicted molar refractivity (Wildman–Crippen MR) is 77.9 cm³/mol. The van der Waals surface area contributed by atoms with Crippen molar-refractivity contribution in [2.45, 2.75) is 58.5 Å². The lowest BCUT2D eigenvalue weighted by molar-refractivity contribution is -0.197. The van der Waals surface area contributed by atoms with Crippen LogP contribution < -0.4 is 10.6 Å². The van der Waals surface area contributed by atoms with Crippen molar-refractivity contribution in [3.63, 3.8) is 0 Å². The Bertz CT molecular complexity index is 316. The summed E-state index contributed by atoms with van der Waals surface area (Å²) < 4.78 is 0. The van der Waals surface area contributed by atoms with Gasteiger partial charge < -0.3 is 15.8 Å². The highest BCUT2D eigenvalue weighted by Crippen LogP contribution is 2.43. The number of nitrogens with zero attached hydrogens (tertiary/aromatic N) is 1. The topological polar surface area (TPSA) is 67.3 Å². The smallest absolute Gasteiger partial charge is 0.225 e. The Morgan fingerprint density at radius 3 is 2.37 bits per heavy atom. The summed E-state index contributed by atoms with van der Waals surface area (Å²) in [5, 5.41) is 16.0. The van der Waals surface area contributed by atoms with E-state index in [0.717, 1.165) is 25.9 Å². The van der Waals surface area contributed by atoms with Crippen LogP contribution in [0.4, 0.5) is 0 Å². The van der Waals surface area contributed by atoms with Crippen molar-refractivity contribution >= 4 is 5.91 Å². The fraction of sp³-hybridized carbons (Fsp3) is 0.929. The predicted octanol–water partition coefficient (Wildman–Crippen LogP) is 0.621. The highest BCUT2D eigenvalue weighted by Gasteiger charge is 2.57. The molecule has 0 spiro atoms. The van der Waals surface area contributed by atoms with Crippen molar-refractivity contribution in [3.8, 4) is 0 Å². The number of hydrogen-bond donors (Lipinski definition) is 2. The van der Waals surface area contributed by atoms with Gasteiger partial charge in [-0.1, -0.05) is 12.0 Å². The third kappa shape index (κ3) is 3.68. The van der Waals surface area contributed by atoms with Crippen LogP contribution in [0.5, 0.6) is 0 Å². The number of rotatable bonds is 6. The van der Waals surface area contributed by atoms with Gasteiger partial charge in [0.25, 0.3) is 0 Å². The maximum absolute atomic E-state index is 12.3. The fourth-order valence-electron chi connectivity index (χ4n) is 2.89. The van der Waals surface area contributed by atoms with Crippen LogP contribution >= 0.6 is 0 Å². The van der Waals surface area contributed by atoms with Crippen LogP contribution in [0.25, 0.3) is 0 Å². The number of nitrogens with one attached hydrogen (secondary N) is 2. The third-order valence-electron chi connectivity index (χ3n) is 4.08. The van der Waals surface area contributed by atoms with Crippen molar-refractivity contribution in [2.75, 3.05) is 19.6 Å². The monoisotopic (exact) mass is 272 g/mol. The summed E-state index contributed by atoms with van der Waals surface area (Å²) in [5.74, 6) is -0.0442. The van der Waals surface area contributed by atoms with Gasteiger partial charge >= 0.3 is 0 Å². The van der Waals surface area contributed by atoms with Gasteiger partial charge in [-0.25, -0.2) is 0 Å². The lowest BCUT2D eigenvalue weighted by Crippen LogP contribution is -2.50. The molecule has 1 saturated heterocycles. The van der Waals surface area contributed by atoms with Gasteiger partial charge in [0, 0.05) is 13.1 Å². The second kappa shape index (κ2) is 6.20. The van der Waals surface area contributed by atoms with Crippen LogP contribution in [-0.4, -0.2) is 46.9 Å². The van der Waals surface area contributed by atoms with Gasteiger partial charge in [-0.2, -0.15) is 0 Å². The molecule has 0 aromatic heterocycles. The number of carbonyl (C=O) groups is 1. The molecule has 5 nitrogen and oxygen atoms in total. The van der Waals surface area contributed by atoms with Crippen molar-refractivity contribution in [3.05, 3.63) is 0 Å². The van der Waals surface area contributed by atoms with E-state index in [1.807, 2.05) is 27.7 Å². The van der Waals surface area contributed by atoms with Gasteiger partial charge in [0.15, 0.2) is 0 Å². The number of carbonyl (C=O) groups excluding carboxylic acids is 1. The van der Waals surface area contributed by atoms with Gasteiger partial charge in [-0.05, 0) is 47.1 Å². The fourth-order valence-corrected chi connectivity index (χ4v) is 2.89. The second-order valence-corrected chi connectivity index (χ2v) is 6.60. The minimum Gasteiger partial charge on any atom is -0.355 e. The first-order chi connectivity index (χ1) is 8.73. The number of hydrogen-bond acceptors (Lipinski definition) is 3. The van der Waals surface area contributed by atoms with E-state index in [2.05, 4.69) is 17.6 Å². The summed E-state index contributed by atoms with van der Waals surface area (Å²) in [5.41, 5.74) is -0.656. The molecule has 0 aliphatic carbocycles. The van der Waals surface area contributed by atoms with Crippen molar-refractivity contribution in [1.82, 2.24) is 15.7 Å². The van der Waals surface area contributed by atoms with Crippen molar-refractivity contribution < 1.29 is 10.0 Å². The van der Waals surface area contributed by atoms with Crippen LogP contribution in [0.3, 0.4) is 0 Å². The molecule has 1 amide bonds. The van der Waals surface area contributed by atoms with E-state index in [9.17, 15) is 4.79 Å². The average Bonchev–Trinajstić information content (AvgIpc) is 2.49. The maximum atomic E-state index is 12.3. The van der Waals surface area contributed by atoms with Crippen molar-refractivity contribution in [2.24, 2.45) is 5.92 Å². The average molecular weight is 272 g/mol. The standard InChI is InChI=1S/C14H29N3O2/c1-6-7-15-8-9-16-12(18)11-10-13(2,3)17(19)14(11,4)5/h11,15,19H,6-10H2,1-5H3,(H,16,18)/p+1. The van der Waals surface area contributed by atoms with Gasteiger partial charge in [0.05, 0.1) is 17.0 Å². The largest absolute Gasteiger partial charge is 0.355 e. The Morgan fingerprint density at radius 1 is 1.26 bits per heavy atom. The molecule has 0 aromatic rings. The normalized spacial score (nSPS) is 25.5. The number of hydroxylamine groups is 2. The zero-order valence-corrected chi connectivity index (χ0v) is 13.0. The Labute approximate surface area is 116 Å². The summed E-state index contributed by atoms with van der Waals surface area (Å²) in [6, 6.07) is 0. The quantitative estimate of drug-likeness (QED) is 0.550. The third-order valence-corrected chi connectivity index (χ3v) is 4.08. The molecule has 19 heavy (non-hydrogen) atoms. The summed E-state index contributed by atoms with van der Waals surface area (Å²) in [4.78, 5) is 12.3. The van der Waals surface area contributed by atoms with E-state index in [0.29, 0.717) is 6.54 Å². The molecule has 0 bridgehead atoms. The molecular weight excluding hydrogens is 242 g/mol.